The predicted molar refractivity (Wildman–Crippen MR) is 94.7 cm³/mol. The van der Waals surface area contributed by atoms with E-state index in [1.807, 2.05) is 66.7 Å². The van der Waals surface area contributed by atoms with Gasteiger partial charge in [-0.15, -0.1) is 0 Å². The van der Waals surface area contributed by atoms with E-state index in [2.05, 4.69) is 10.6 Å². The molecule has 110 valence electrons. The molecule has 0 atom stereocenters. The Morgan fingerprint density at radius 1 is 0.591 bits per heavy atom. The van der Waals surface area contributed by atoms with E-state index < -0.39 is 0 Å². The zero-order valence-corrected chi connectivity index (χ0v) is 12.1. The molecule has 0 amide bonds. The molecule has 0 unspecified atom stereocenters. The third-order valence-corrected chi connectivity index (χ3v) is 3.30. The van der Waals surface area contributed by atoms with Gasteiger partial charge in [-0.1, -0.05) is 18.2 Å². The van der Waals surface area contributed by atoms with Crippen molar-refractivity contribution in [2.24, 2.45) is 0 Å². The van der Waals surface area contributed by atoms with Crippen LogP contribution in [0, 0.1) is 0 Å². The molecular formula is C18H18N4. The van der Waals surface area contributed by atoms with Crippen LogP contribution >= 0.6 is 0 Å². The summed E-state index contributed by atoms with van der Waals surface area (Å²) in [6.07, 6.45) is 0. The number of nitrogens with two attached hydrogens (primary N) is 2. The smallest absolute Gasteiger partial charge is 0.0619 e. The second-order valence-corrected chi connectivity index (χ2v) is 5.04. The van der Waals surface area contributed by atoms with Gasteiger partial charge in [0.2, 0.25) is 0 Å². The number of hydrogen-bond donors (Lipinski definition) is 4. The molecule has 3 aromatic rings. The van der Waals surface area contributed by atoms with Crippen molar-refractivity contribution in [3.8, 4) is 0 Å². The Morgan fingerprint density at radius 2 is 1.18 bits per heavy atom. The van der Waals surface area contributed by atoms with E-state index in [0.29, 0.717) is 11.4 Å². The van der Waals surface area contributed by atoms with Gasteiger partial charge in [-0.05, 0) is 54.6 Å². The van der Waals surface area contributed by atoms with Gasteiger partial charge in [-0.3, -0.25) is 0 Å². The lowest BCUT2D eigenvalue weighted by Crippen LogP contribution is -1.98. The lowest BCUT2D eigenvalue weighted by atomic mass is 10.2. The first-order valence-electron chi connectivity index (χ1n) is 7.05. The molecule has 6 N–H and O–H groups in total. The fourth-order valence-corrected chi connectivity index (χ4v) is 2.18. The lowest BCUT2D eigenvalue weighted by molar-refractivity contribution is 1.51. The van der Waals surface area contributed by atoms with Gasteiger partial charge in [-0.2, -0.15) is 0 Å². The quantitative estimate of drug-likeness (QED) is 0.539. The van der Waals surface area contributed by atoms with Gasteiger partial charge in [0.05, 0.1) is 11.4 Å². The van der Waals surface area contributed by atoms with E-state index in [0.717, 1.165) is 22.7 Å². The maximum absolute atomic E-state index is 5.95. The number of nitrogen functional groups attached to an aromatic ring is 2. The predicted octanol–water partition coefficient (Wildman–Crippen LogP) is 4.34. The molecule has 0 fully saturated rings. The van der Waals surface area contributed by atoms with Crippen molar-refractivity contribution in [3.63, 3.8) is 0 Å². The molecule has 22 heavy (non-hydrogen) atoms. The van der Waals surface area contributed by atoms with E-state index in [4.69, 9.17) is 11.5 Å². The summed E-state index contributed by atoms with van der Waals surface area (Å²) >= 11 is 0. The molecule has 0 aliphatic heterocycles. The fraction of sp³-hybridized carbons (Fsp3) is 0. The normalized spacial score (nSPS) is 10.2. The molecule has 0 aliphatic rings. The number of para-hydroxylation sites is 1. The largest absolute Gasteiger partial charge is 0.399 e. The third-order valence-electron chi connectivity index (χ3n) is 3.30. The van der Waals surface area contributed by atoms with Crippen LogP contribution in [0.15, 0.2) is 72.8 Å². The molecule has 4 nitrogen and oxygen atoms in total. The van der Waals surface area contributed by atoms with Crippen molar-refractivity contribution in [1.29, 1.82) is 0 Å². The summed E-state index contributed by atoms with van der Waals surface area (Å²) in [5.74, 6) is 0. The Morgan fingerprint density at radius 3 is 1.82 bits per heavy atom. The summed E-state index contributed by atoms with van der Waals surface area (Å²) in [7, 11) is 0. The lowest BCUT2D eigenvalue weighted by Gasteiger charge is -2.11. The Kier molecular flexibility index (Phi) is 3.83. The molecule has 3 aromatic carbocycles. The highest BCUT2D eigenvalue weighted by Gasteiger charge is 2.01. The van der Waals surface area contributed by atoms with E-state index >= 15 is 0 Å². The van der Waals surface area contributed by atoms with Crippen LogP contribution in [0.2, 0.25) is 0 Å². The Hall–Kier alpha value is -3.14. The van der Waals surface area contributed by atoms with Crippen LogP contribution in [0.1, 0.15) is 0 Å². The average molecular weight is 290 g/mol. The standard InChI is InChI=1S/C18H18N4/c19-13-6-11-18(17(20)12-13)22-16-9-7-15(8-10-16)21-14-4-2-1-3-5-14/h1-12,21-22H,19-20H2. The Bertz CT molecular complexity index is 752. The van der Waals surface area contributed by atoms with Gasteiger partial charge < -0.3 is 22.1 Å². The monoisotopic (exact) mass is 290 g/mol. The third kappa shape index (κ3) is 3.30. The molecule has 0 saturated carbocycles. The van der Waals surface area contributed by atoms with Crippen LogP contribution in [0.3, 0.4) is 0 Å². The van der Waals surface area contributed by atoms with Crippen molar-refractivity contribution >= 4 is 34.1 Å². The molecule has 0 saturated heterocycles. The Balaban J connectivity index is 1.71. The molecule has 0 spiro atoms. The number of anilines is 6. The highest BCUT2D eigenvalue weighted by atomic mass is 14.9. The van der Waals surface area contributed by atoms with Crippen molar-refractivity contribution in [2.45, 2.75) is 0 Å². The first-order valence-corrected chi connectivity index (χ1v) is 7.05. The molecule has 4 heteroatoms. The first-order chi connectivity index (χ1) is 10.7. The molecule has 0 radical (unpaired) electrons. The van der Waals surface area contributed by atoms with E-state index in [1.54, 1.807) is 6.07 Å². The number of rotatable bonds is 4. The zero-order chi connectivity index (χ0) is 15.4. The molecule has 0 aromatic heterocycles. The summed E-state index contributed by atoms with van der Waals surface area (Å²) < 4.78 is 0. The van der Waals surface area contributed by atoms with Crippen molar-refractivity contribution in [1.82, 2.24) is 0 Å². The van der Waals surface area contributed by atoms with Crippen molar-refractivity contribution in [3.05, 3.63) is 72.8 Å². The molecule has 0 bridgehead atoms. The van der Waals surface area contributed by atoms with Crippen LogP contribution in [-0.2, 0) is 0 Å². The van der Waals surface area contributed by atoms with Crippen LogP contribution in [0.5, 0.6) is 0 Å². The van der Waals surface area contributed by atoms with E-state index in [9.17, 15) is 0 Å². The summed E-state index contributed by atoms with van der Waals surface area (Å²) in [4.78, 5) is 0. The summed E-state index contributed by atoms with van der Waals surface area (Å²) in [6, 6.07) is 23.5. The Labute approximate surface area is 129 Å². The van der Waals surface area contributed by atoms with Crippen LogP contribution in [0.25, 0.3) is 0 Å². The second-order valence-electron chi connectivity index (χ2n) is 5.04. The van der Waals surface area contributed by atoms with Gasteiger partial charge >= 0.3 is 0 Å². The van der Waals surface area contributed by atoms with Crippen molar-refractivity contribution in [2.75, 3.05) is 22.1 Å². The van der Waals surface area contributed by atoms with Gasteiger partial charge in [0, 0.05) is 22.7 Å². The van der Waals surface area contributed by atoms with Gasteiger partial charge in [0.15, 0.2) is 0 Å². The highest BCUT2D eigenvalue weighted by Crippen LogP contribution is 2.26. The van der Waals surface area contributed by atoms with E-state index in [-0.39, 0.29) is 0 Å². The fourth-order valence-electron chi connectivity index (χ4n) is 2.18. The highest BCUT2D eigenvalue weighted by molar-refractivity contribution is 5.76. The molecule has 0 heterocycles. The minimum atomic E-state index is 0.631. The van der Waals surface area contributed by atoms with Crippen molar-refractivity contribution < 1.29 is 0 Å². The topological polar surface area (TPSA) is 76.1 Å². The second kappa shape index (κ2) is 6.10. The number of benzene rings is 3. The molecular weight excluding hydrogens is 272 g/mol. The van der Waals surface area contributed by atoms with Gasteiger partial charge in [0.25, 0.3) is 0 Å². The summed E-state index contributed by atoms with van der Waals surface area (Å²) in [5.41, 5.74) is 16.8. The van der Waals surface area contributed by atoms with Gasteiger partial charge in [-0.25, -0.2) is 0 Å². The minimum Gasteiger partial charge on any atom is -0.399 e. The van der Waals surface area contributed by atoms with Gasteiger partial charge in [0.1, 0.15) is 0 Å². The SMILES string of the molecule is Nc1ccc(Nc2ccc(Nc3ccccc3)cc2)c(N)c1. The maximum atomic E-state index is 5.95. The molecule has 0 aliphatic carbocycles. The van der Waals surface area contributed by atoms with Crippen LogP contribution in [-0.4, -0.2) is 0 Å². The first kappa shape index (κ1) is 13.8. The number of nitrogens with one attached hydrogen (secondary N) is 2. The average Bonchev–Trinajstić information content (AvgIpc) is 2.53. The minimum absolute atomic E-state index is 0.631. The zero-order valence-electron chi connectivity index (χ0n) is 12.1. The van der Waals surface area contributed by atoms with Crippen LogP contribution < -0.4 is 22.1 Å². The number of hydrogen-bond acceptors (Lipinski definition) is 4. The van der Waals surface area contributed by atoms with E-state index in [1.165, 1.54) is 0 Å². The van der Waals surface area contributed by atoms with Crippen LogP contribution in [0.4, 0.5) is 34.1 Å². The summed E-state index contributed by atoms with van der Waals surface area (Å²) in [5, 5.41) is 6.63. The maximum Gasteiger partial charge on any atom is 0.0619 e. The molecule has 3 rings (SSSR count). The summed E-state index contributed by atoms with van der Waals surface area (Å²) in [6.45, 7) is 0.